The van der Waals surface area contributed by atoms with E-state index in [2.05, 4.69) is 37.2 Å². The molecule has 1 aliphatic rings. The summed E-state index contributed by atoms with van der Waals surface area (Å²) in [5.74, 6) is 1.57. The number of nitrogens with zero attached hydrogens (tertiary/aromatic N) is 6. The Morgan fingerprint density at radius 2 is 1.72 bits per heavy atom. The molecule has 128 valence electrons. The summed E-state index contributed by atoms with van der Waals surface area (Å²) in [5, 5.41) is 7.65. The highest BCUT2D eigenvalue weighted by Gasteiger charge is 2.15. The van der Waals surface area contributed by atoms with Gasteiger partial charge in [0.05, 0.1) is 17.6 Å². The number of rotatable bonds is 4. The van der Waals surface area contributed by atoms with Gasteiger partial charge in [0.1, 0.15) is 12.1 Å². The zero-order chi connectivity index (χ0) is 17.1. The number of hydrogen-bond acceptors (Lipinski definition) is 6. The third kappa shape index (κ3) is 3.61. The number of aromatic nitrogens is 4. The Morgan fingerprint density at radius 1 is 0.920 bits per heavy atom. The van der Waals surface area contributed by atoms with Crippen LogP contribution in [0.3, 0.4) is 0 Å². The van der Waals surface area contributed by atoms with Crippen molar-refractivity contribution in [2.45, 2.75) is 0 Å². The first-order chi connectivity index (χ1) is 12.3. The van der Waals surface area contributed by atoms with Crippen molar-refractivity contribution in [3.63, 3.8) is 0 Å². The fourth-order valence-corrected chi connectivity index (χ4v) is 2.84. The average Bonchev–Trinajstić information content (AvgIpc) is 3.12. The number of benzene rings is 1. The van der Waals surface area contributed by atoms with Crippen LogP contribution < -0.4 is 10.2 Å². The highest BCUT2D eigenvalue weighted by atomic mass is 15.4. The van der Waals surface area contributed by atoms with E-state index in [1.165, 1.54) is 0 Å². The summed E-state index contributed by atoms with van der Waals surface area (Å²) in [6, 6.07) is 14.0. The summed E-state index contributed by atoms with van der Waals surface area (Å²) in [7, 11) is 2.15. The molecule has 0 unspecified atom stereocenters. The van der Waals surface area contributed by atoms with Gasteiger partial charge < -0.3 is 15.1 Å². The molecule has 0 saturated carbocycles. The van der Waals surface area contributed by atoms with Crippen LogP contribution >= 0.6 is 0 Å². The van der Waals surface area contributed by atoms with Gasteiger partial charge in [-0.05, 0) is 31.3 Å². The molecule has 7 heteroatoms. The largest absolute Gasteiger partial charge is 0.354 e. The Morgan fingerprint density at radius 3 is 2.44 bits per heavy atom. The molecule has 7 nitrogen and oxygen atoms in total. The molecule has 1 N–H and O–H groups in total. The molecular weight excluding hydrogens is 314 g/mol. The Labute approximate surface area is 146 Å². The van der Waals surface area contributed by atoms with E-state index in [9.17, 15) is 0 Å². The second kappa shape index (κ2) is 6.90. The van der Waals surface area contributed by atoms with Crippen molar-refractivity contribution in [3.8, 4) is 5.69 Å². The summed E-state index contributed by atoms with van der Waals surface area (Å²) in [5.41, 5.74) is 1.86. The fraction of sp³-hybridized carbons (Fsp3) is 0.278. The third-order valence-electron chi connectivity index (χ3n) is 4.34. The maximum Gasteiger partial charge on any atom is 0.246 e. The van der Waals surface area contributed by atoms with Crippen molar-refractivity contribution >= 4 is 17.5 Å². The molecule has 0 spiro atoms. The first-order valence-electron chi connectivity index (χ1n) is 8.41. The Balaban J connectivity index is 1.42. The van der Waals surface area contributed by atoms with Gasteiger partial charge in [-0.3, -0.25) is 0 Å². The van der Waals surface area contributed by atoms with E-state index in [1.807, 2.05) is 48.7 Å². The van der Waals surface area contributed by atoms with Crippen LogP contribution in [0.1, 0.15) is 0 Å². The lowest BCUT2D eigenvalue weighted by Crippen LogP contribution is -2.44. The van der Waals surface area contributed by atoms with Crippen LogP contribution in [0.25, 0.3) is 5.69 Å². The molecule has 3 aromatic rings. The van der Waals surface area contributed by atoms with Gasteiger partial charge in [0, 0.05) is 26.2 Å². The number of nitrogens with one attached hydrogen (secondary N) is 1. The van der Waals surface area contributed by atoms with Crippen molar-refractivity contribution in [3.05, 3.63) is 55.0 Å². The Bertz CT molecular complexity index is 805. The molecule has 4 rings (SSSR count). The first kappa shape index (κ1) is 15.6. The minimum Gasteiger partial charge on any atom is -0.354 e. The quantitative estimate of drug-likeness (QED) is 0.788. The molecule has 0 atom stereocenters. The normalized spacial score (nSPS) is 15.3. The summed E-state index contributed by atoms with van der Waals surface area (Å²) >= 11 is 0. The number of piperazine rings is 1. The second-order valence-corrected chi connectivity index (χ2v) is 6.17. The zero-order valence-corrected chi connectivity index (χ0v) is 14.2. The number of hydrogen-bond donors (Lipinski definition) is 1. The molecule has 1 aromatic carbocycles. The molecule has 1 saturated heterocycles. The lowest BCUT2D eigenvalue weighted by atomic mass is 10.3. The van der Waals surface area contributed by atoms with E-state index >= 15 is 0 Å². The summed E-state index contributed by atoms with van der Waals surface area (Å²) in [4.78, 5) is 13.5. The first-order valence-corrected chi connectivity index (χ1v) is 8.41. The summed E-state index contributed by atoms with van der Waals surface area (Å²) in [6.07, 6.45) is 3.53. The number of pyridine rings is 1. The van der Waals surface area contributed by atoms with Crippen LogP contribution in [-0.2, 0) is 0 Å². The molecule has 25 heavy (non-hydrogen) atoms. The van der Waals surface area contributed by atoms with Gasteiger partial charge in [-0.2, -0.15) is 4.98 Å². The lowest BCUT2D eigenvalue weighted by molar-refractivity contribution is 0.312. The minimum atomic E-state index is 0.554. The van der Waals surface area contributed by atoms with Gasteiger partial charge in [0.15, 0.2) is 0 Å². The highest BCUT2D eigenvalue weighted by Crippen LogP contribution is 2.18. The SMILES string of the molecule is CN1CCN(c2ccc(Nc3ncn(-c4ccccc4)n3)cn2)CC1. The predicted octanol–water partition coefficient (Wildman–Crippen LogP) is 2.16. The van der Waals surface area contributed by atoms with Gasteiger partial charge in [-0.1, -0.05) is 18.2 Å². The predicted molar refractivity (Wildman–Crippen MR) is 98.6 cm³/mol. The zero-order valence-electron chi connectivity index (χ0n) is 14.2. The number of para-hydroxylation sites is 1. The Kier molecular flexibility index (Phi) is 4.30. The standard InChI is InChI=1S/C18H21N7/c1-23-9-11-24(12-10-23)17-8-7-15(13-19-17)21-18-20-14-25(22-18)16-5-3-2-4-6-16/h2-8,13-14H,9-12H2,1H3,(H,21,22). The van der Waals surface area contributed by atoms with Crippen LogP contribution in [0.15, 0.2) is 55.0 Å². The third-order valence-corrected chi connectivity index (χ3v) is 4.34. The number of anilines is 3. The summed E-state index contributed by atoms with van der Waals surface area (Å²) in [6.45, 7) is 4.17. The van der Waals surface area contributed by atoms with Crippen LogP contribution in [-0.4, -0.2) is 57.9 Å². The average molecular weight is 335 g/mol. The van der Waals surface area contributed by atoms with Crippen LogP contribution in [0.2, 0.25) is 0 Å². The van der Waals surface area contributed by atoms with E-state index in [4.69, 9.17) is 0 Å². The van der Waals surface area contributed by atoms with Crippen molar-refractivity contribution in [2.75, 3.05) is 43.4 Å². The minimum absolute atomic E-state index is 0.554. The Hall–Kier alpha value is -2.93. The van der Waals surface area contributed by atoms with Gasteiger partial charge in [-0.15, -0.1) is 5.10 Å². The van der Waals surface area contributed by atoms with E-state index in [0.717, 1.165) is 43.4 Å². The van der Waals surface area contributed by atoms with Crippen LogP contribution in [0, 0.1) is 0 Å². The molecule has 2 aromatic heterocycles. The van der Waals surface area contributed by atoms with Crippen molar-refractivity contribution in [1.29, 1.82) is 0 Å². The molecule has 1 aliphatic heterocycles. The molecule has 1 fully saturated rings. The number of likely N-dealkylation sites (N-methyl/N-ethyl adjacent to an activating group) is 1. The van der Waals surface area contributed by atoms with Gasteiger partial charge in [0.2, 0.25) is 5.95 Å². The molecule has 0 radical (unpaired) electrons. The monoisotopic (exact) mass is 335 g/mol. The van der Waals surface area contributed by atoms with E-state index in [-0.39, 0.29) is 0 Å². The fourth-order valence-electron chi connectivity index (χ4n) is 2.84. The van der Waals surface area contributed by atoms with Crippen LogP contribution in [0.4, 0.5) is 17.5 Å². The smallest absolute Gasteiger partial charge is 0.246 e. The molecule has 0 aliphatic carbocycles. The van der Waals surface area contributed by atoms with Crippen molar-refractivity contribution < 1.29 is 0 Å². The molecule has 0 amide bonds. The molecular formula is C18H21N7. The van der Waals surface area contributed by atoms with E-state index < -0.39 is 0 Å². The van der Waals surface area contributed by atoms with Gasteiger partial charge in [0.25, 0.3) is 0 Å². The van der Waals surface area contributed by atoms with Gasteiger partial charge in [-0.25, -0.2) is 9.67 Å². The lowest BCUT2D eigenvalue weighted by Gasteiger charge is -2.33. The molecule has 0 bridgehead atoms. The highest BCUT2D eigenvalue weighted by molar-refractivity contribution is 5.55. The van der Waals surface area contributed by atoms with Gasteiger partial charge >= 0.3 is 0 Å². The second-order valence-electron chi connectivity index (χ2n) is 6.17. The van der Waals surface area contributed by atoms with Crippen molar-refractivity contribution in [1.82, 2.24) is 24.6 Å². The van der Waals surface area contributed by atoms with E-state index in [1.54, 1.807) is 11.0 Å². The van der Waals surface area contributed by atoms with Crippen LogP contribution in [0.5, 0.6) is 0 Å². The maximum atomic E-state index is 4.57. The molecule has 3 heterocycles. The maximum absolute atomic E-state index is 4.57. The summed E-state index contributed by atoms with van der Waals surface area (Å²) < 4.78 is 1.74. The topological polar surface area (TPSA) is 62.1 Å². The van der Waals surface area contributed by atoms with E-state index in [0.29, 0.717) is 5.95 Å². The van der Waals surface area contributed by atoms with Crippen molar-refractivity contribution in [2.24, 2.45) is 0 Å².